The second-order valence-electron chi connectivity index (χ2n) is 12.6. The zero-order chi connectivity index (χ0) is 35.9. The van der Waals surface area contributed by atoms with Crippen LogP contribution in [0.15, 0.2) is 72.6 Å². The Balaban J connectivity index is 1.17. The van der Waals surface area contributed by atoms with Gasteiger partial charge in [0.15, 0.2) is 23.0 Å². The third-order valence-corrected chi connectivity index (χ3v) is 10.4. The molecule has 51 heavy (non-hydrogen) atoms. The summed E-state index contributed by atoms with van der Waals surface area (Å²) in [6.07, 6.45) is 9.80. The van der Waals surface area contributed by atoms with E-state index in [4.69, 9.17) is 28.4 Å². The number of hydrogen-bond acceptors (Lipinski definition) is 11. The van der Waals surface area contributed by atoms with E-state index >= 15 is 0 Å². The minimum absolute atomic E-state index is 0.396. The van der Waals surface area contributed by atoms with Gasteiger partial charge in [-0.25, -0.2) is 0 Å². The number of benzene rings is 2. The molecule has 11 heteroatoms. The maximum absolute atomic E-state index is 5.62. The number of thiophene rings is 1. The van der Waals surface area contributed by atoms with Gasteiger partial charge in [-0.1, -0.05) is 0 Å². The van der Waals surface area contributed by atoms with Crippen molar-refractivity contribution in [2.45, 2.75) is 38.9 Å². The van der Waals surface area contributed by atoms with Gasteiger partial charge in [-0.3, -0.25) is 14.9 Å². The summed E-state index contributed by atoms with van der Waals surface area (Å²) < 4.78 is 33.5. The quantitative estimate of drug-likeness (QED) is 0.113. The molecule has 0 atom stereocenters. The summed E-state index contributed by atoms with van der Waals surface area (Å²) in [5.41, 5.74) is 7.50. The number of nitrogens with zero attached hydrogens (tertiary/aromatic N) is 4. The van der Waals surface area contributed by atoms with E-state index in [1.807, 2.05) is 49.1 Å². The molecule has 268 valence electrons. The Kier molecular flexibility index (Phi) is 11.5. The van der Waals surface area contributed by atoms with Gasteiger partial charge in [-0.15, -0.1) is 11.3 Å². The molecule has 6 rings (SSSR count). The molecule has 0 saturated carbocycles. The molecule has 1 aliphatic heterocycles. The van der Waals surface area contributed by atoms with Crippen LogP contribution in [0.1, 0.15) is 29.5 Å². The number of methoxy groups -OCH3 is 6. The number of rotatable bonds is 14. The third-order valence-electron chi connectivity index (χ3n) is 9.34. The van der Waals surface area contributed by atoms with E-state index in [1.165, 1.54) is 16.1 Å². The molecule has 10 nitrogen and oxygen atoms in total. The number of piperidine rings is 1. The van der Waals surface area contributed by atoms with Gasteiger partial charge in [0.1, 0.15) is 0 Å². The molecule has 3 aromatic heterocycles. The molecule has 4 heterocycles. The zero-order valence-corrected chi connectivity index (χ0v) is 31.2. The van der Waals surface area contributed by atoms with E-state index in [-0.39, 0.29) is 0 Å². The van der Waals surface area contributed by atoms with Crippen molar-refractivity contribution in [2.75, 3.05) is 60.6 Å². The molecule has 0 aliphatic carbocycles. The highest BCUT2D eigenvalue weighted by Crippen LogP contribution is 2.43. The predicted molar refractivity (Wildman–Crippen MR) is 202 cm³/mol. The Bertz CT molecular complexity index is 1890. The topological polar surface area (TPSA) is 87.6 Å². The standard InChI is InChI=1S/C40H46N4O6S/c1-26-12-38(51-25-26)44(24-28-14-32(22-42-20-28)30-17-36(47-4)40(50-7)37(18-30)48-5)33-8-10-43(11-9-33)23-27-13-31(21-41-19-27)29-15-34(45-2)39(49-6)35(16-29)46-3/h12-22,25,33H,8-11,23-24H2,1-7H3. The highest BCUT2D eigenvalue weighted by atomic mass is 32.1. The smallest absolute Gasteiger partial charge is 0.203 e. The molecule has 5 aromatic rings. The first-order valence-electron chi connectivity index (χ1n) is 16.9. The second-order valence-corrected chi connectivity index (χ2v) is 13.5. The first kappa shape index (κ1) is 35.8. The van der Waals surface area contributed by atoms with Gasteiger partial charge < -0.3 is 33.3 Å². The third kappa shape index (κ3) is 8.00. The van der Waals surface area contributed by atoms with Crippen LogP contribution in [0.5, 0.6) is 34.5 Å². The van der Waals surface area contributed by atoms with Gasteiger partial charge in [-0.05, 0) is 95.4 Å². The fourth-order valence-corrected chi connectivity index (χ4v) is 7.73. The fourth-order valence-electron chi connectivity index (χ4n) is 6.76. The van der Waals surface area contributed by atoms with Crippen molar-refractivity contribution in [3.05, 3.63) is 89.3 Å². The molecule has 2 aromatic carbocycles. The van der Waals surface area contributed by atoms with E-state index in [0.29, 0.717) is 40.5 Å². The highest BCUT2D eigenvalue weighted by molar-refractivity contribution is 7.14. The maximum atomic E-state index is 5.62. The van der Waals surface area contributed by atoms with E-state index in [0.717, 1.165) is 66.8 Å². The summed E-state index contributed by atoms with van der Waals surface area (Å²) in [5.74, 6) is 3.61. The van der Waals surface area contributed by atoms with Crippen LogP contribution in [-0.2, 0) is 13.1 Å². The molecular weight excluding hydrogens is 665 g/mol. The van der Waals surface area contributed by atoms with E-state index in [1.54, 1.807) is 54.0 Å². The van der Waals surface area contributed by atoms with E-state index in [9.17, 15) is 0 Å². The summed E-state index contributed by atoms with van der Waals surface area (Å²) in [5, 5.41) is 3.52. The van der Waals surface area contributed by atoms with Crippen molar-refractivity contribution in [1.82, 2.24) is 14.9 Å². The molecule has 0 amide bonds. The Morgan fingerprint density at radius 2 is 1.12 bits per heavy atom. The lowest BCUT2D eigenvalue weighted by atomic mass is 10.0. The minimum atomic E-state index is 0.396. The van der Waals surface area contributed by atoms with Crippen molar-refractivity contribution >= 4 is 16.3 Å². The van der Waals surface area contributed by atoms with Gasteiger partial charge >= 0.3 is 0 Å². The summed E-state index contributed by atoms with van der Waals surface area (Å²) in [4.78, 5) is 14.3. The average Bonchev–Trinajstić information content (AvgIpc) is 3.61. The van der Waals surface area contributed by atoms with Crippen LogP contribution in [0.3, 0.4) is 0 Å². The van der Waals surface area contributed by atoms with Crippen LogP contribution in [0, 0.1) is 6.92 Å². The zero-order valence-electron chi connectivity index (χ0n) is 30.4. The number of hydrogen-bond donors (Lipinski definition) is 0. The lowest BCUT2D eigenvalue weighted by molar-refractivity contribution is 0.201. The lowest BCUT2D eigenvalue weighted by Crippen LogP contribution is -2.44. The van der Waals surface area contributed by atoms with Crippen LogP contribution >= 0.6 is 11.3 Å². The summed E-state index contributed by atoms with van der Waals surface area (Å²) >= 11 is 1.81. The minimum Gasteiger partial charge on any atom is -0.493 e. The fraction of sp³-hybridized carbons (Fsp3) is 0.350. The molecule has 0 radical (unpaired) electrons. The number of likely N-dealkylation sites (tertiary alicyclic amines) is 1. The molecule has 0 unspecified atom stereocenters. The molecule has 0 bridgehead atoms. The molecular formula is C40H46N4O6S. The van der Waals surface area contributed by atoms with Crippen molar-refractivity contribution in [1.29, 1.82) is 0 Å². The summed E-state index contributed by atoms with van der Waals surface area (Å²) in [6.45, 7) is 5.73. The Morgan fingerprint density at radius 1 is 0.627 bits per heavy atom. The first-order chi connectivity index (χ1) is 24.9. The molecule has 1 saturated heterocycles. The predicted octanol–water partition coefficient (Wildman–Crippen LogP) is 7.90. The van der Waals surface area contributed by atoms with E-state index < -0.39 is 0 Å². The van der Waals surface area contributed by atoms with Crippen LogP contribution < -0.4 is 33.3 Å². The number of pyridine rings is 2. The van der Waals surface area contributed by atoms with Crippen LogP contribution in [0.2, 0.25) is 0 Å². The lowest BCUT2D eigenvalue weighted by Gasteiger charge is -2.39. The Hall–Kier alpha value is -5.00. The largest absolute Gasteiger partial charge is 0.493 e. The normalized spacial score (nSPS) is 13.5. The SMILES string of the molecule is COc1cc(-c2cncc(CN3CCC(N(Cc4cncc(-c5cc(OC)c(OC)c(OC)c5)c4)c4cc(C)cs4)CC3)c2)cc(OC)c1OC. The number of ether oxygens (including phenoxy) is 6. The van der Waals surface area contributed by atoms with E-state index in [2.05, 4.69) is 50.3 Å². The van der Waals surface area contributed by atoms with Gasteiger partial charge in [-0.2, -0.15) is 0 Å². The van der Waals surface area contributed by atoms with Crippen molar-refractivity contribution < 1.29 is 28.4 Å². The first-order valence-corrected chi connectivity index (χ1v) is 17.8. The second kappa shape index (κ2) is 16.3. The Labute approximate surface area is 304 Å². The van der Waals surface area contributed by atoms with Gasteiger partial charge in [0.25, 0.3) is 0 Å². The molecule has 0 spiro atoms. The molecule has 0 N–H and O–H groups in total. The van der Waals surface area contributed by atoms with Crippen molar-refractivity contribution in [3.63, 3.8) is 0 Å². The molecule has 1 fully saturated rings. The van der Waals surface area contributed by atoms with Gasteiger partial charge in [0.2, 0.25) is 11.5 Å². The van der Waals surface area contributed by atoms with Crippen molar-refractivity contribution in [3.8, 4) is 56.8 Å². The number of aryl methyl sites for hydroxylation is 1. The van der Waals surface area contributed by atoms with Crippen LogP contribution in [-0.4, -0.2) is 76.7 Å². The van der Waals surface area contributed by atoms with Gasteiger partial charge in [0, 0.05) is 68.1 Å². The summed E-state index contributed by atoms with van der Waals surface area (Å²) in [7, 11) is 9.75. The molecule has 1 aliphatic rings. The van der Waals surface area contributed by atoms with Crippen molar-refractivity contribution in [2.24, 2.45) is 0 Å². The van der Waals surface area contributed by atoms with Crippen LogP contribution in [0.4, 0.5) is 5.00 Å². The highest BCUT2D eigenvalue weighted by Gasteiger charge is 2.27. The maximum Gasteiger partial charge on any atom is 0.203 e. The average molecular weight is 711 g/mol. The number of aromatic nitrogens is 2. The Morgan fingerprint density at radius 3 is 1.57 bits per heavy atom. The van der Waals surface area contributed by atoms with Gasteiger partial charge in [0.05, 0.1) is 47.7 Å². The number of anilines is 1. The monoisotopic (exact) mass is 710 g/mol. The van der Waals surface area contributed by atoms with Crippen LogP contribution in [0.25, 0.3) is 22.3 Å². The summed E-state index contributed by atoms with van der Waals surface area (Å²) in [6, 6.07) is 15.0.